The molecule has 4 heteroatoms. The van der Waals surface area contributed by atoms with Crippen molar-refractivity contribution in [3.63, 3.8) is 0 Å². The predicted molar refractivity (Wildman–Crippen MR) is 100 cm³/mol. The highest BCUT2D eigenvalue weighted by Gasteiger charge is 2.45. The number of hydrogen-bond acceptors (Lipinski definition) is 4. The lowest BCUT2D eigenvalue weighted by atomic mass is 9.91. The first kappa shape index (κ1) is 18.6. The van der Waals surface area contributed by atoms with Crippen molar-refractivity contribution in [1.82, 2.24) is 15.1 Å². The molecule has 1 N–H and O–H groups in total. The fraction of sp³-hybridized carbons (Fsp3) is 1.00. The number of morpholine rings is 1. The van der Waals surface area contributed by atoms with Crippen molar-refractivity contribution in [2.24, 2.45) is 5.41 Å². The molecule has 1 aliphatic carbocycles. The summed E-state index contributed by atoms with van der Waals surface area (Å²) in [4.78, 5) is 5.10. The van der Waals surface area contributed by atoms with E-state index in [1.807, 2.05) is 0 Å². The summed E-state index contributed by atoms with van der Waals surface area (Å²) in [7, 11) is 0. The van der Waals surface area contributed by atoms with E-state index in [0.29, 0.717) is 6.04 Å². The average Bonchev–Trinajstić information content (AvgIpc) is 3.33. The van der Waals surface area contributed by atoms with E-state index in [0.717, 1.165) is 44.2 Å². The molecule has 0 radical (unpaired) electrons. The Balaban J connectivity index is 0.000000141. The molecule has 0 amide bonds. The Hall–Kier alpha value is -0.160. The lowest BCUT2D eigenvalue weighted by Gasteiger charge is -2.53. The highest BCUT2D eigenvalue weighted by molar-refractivity contribution is 5.01. The van der Waals surface area contributed by atoms with E-state index in [1.165, 1.54) is 45.2 Å². The smallest absolute Gasteiger partial charge is 0.106 e. The fourth-order valence-corrected chi connectivity index (χ4v) is 4.44. The zero-order valence-corrected chi connectivity index (χ0v) is 16.4. The van der Waals surface area contributed by atoms with Crippen molar-refractivity contribution >= 4 is 0 Å². The minimum Gasteiger partial charge on any atom is -0.370 e. The summed E-state index contributed by atoms with van der Waals surface area (Å²) in [6.45, 7) is 17.0. The Morgan fingerprint density at radius 3 is 2.12 bits per heavy atom. The summed E-state index contributed by atoms with van der Waals surface area (Å²) in [6.07, 6.45) is 7.48. The summed E-state index contributed by atoms with van der Waals surface area (Å²) in [5.74, 6) is 0. The summed E-state index contributed by atoms with van der Waals surface area (Å²) in [5, 5.41) is 3.39. The third kappa shape index (κ3) is 4.51. The van der Waals surface area contributed by atoms with Gasteiger partial charge in [0.05, 0.1) is 6.61 Å². The fourth-order valence-electron chi connectivity index (χ4n) is 4.44. The SMILES string of the molecule is CC(C)N1CC2(CNCCO2)C1.CC(C)N1CCCC2(CC1)CC2. The quantitative estimate of drug-likeness (QED) is 0.838. The highest BCUT2D eigenvalue weighted by Crippen LogP contribution is 2.53. The van der Waals surface area contributed by atoms with Crippen LogP contribution in [0.15, 0.2) is 0 Å². The topological polar surface area (TPSA) is 27.7 Å². The van der Waals surface area contributed by atoms with Crippen LogP contribution in [0.2, 0.25) is 0 Å². The molecular weight excluding hydrogens is 298 g/mol. The number of nitrogens with zero attached hydrogens (tertiary/aromatic N) is 2. The van der Waals surface area contributed by atoms with Gasteiger partial charge in [-0.05, 0) is 78.3 Å². The number of hydrogen-bond donors (Lipinski definition) is 1. The molecule has 24 heavy (non-hydrogen) atoms. The molecule has 3 aliphatic heterocycles. The van der Waals surface area contributed by atoms with Crippen molar-refractivity contribution in [1.29, 1.82) is 0 Å². The zero-order valence-electron chi connectivity index (χ0n) is 16.4. The van der Waals surface area contributed by atoms with Crippen LogP contribution in [0.25, 0.3) is 0 Å². The molecule has 140 valence electrons. The predicted octanol–water partition coefficient (Wildman–Crippen LogP) is 2.73. The Morgan fingerprint density at radius 1 is 0.875 bits per heavy atom. The van der Waals surface area contributed by atoms with Gasteiger partial charge in [0.2, 0.25) is 0 Å². The van der Waals surface area contributed by atoms with Gasteiger partial charge in [-0.25, -0.2) is 0 Å². The Labute approximate surface area is 149 Å². The molecule has 0 bridgehead atoms. The van der Waals surface area contributed by atoms with Crippen LogP contribution in [0.5, 0.6) is 0 Å². The van der Waals surface area contributed by atoms with E-state index in [1.54, 1.807) is 0 Å². The second kappa shape index (κ2) is 7.61. The van der Waals surface area contributed by atoms with Gasteiger partial charge in [0, 0.05) is 38.3 Å². The molecule has 0 aromatic carbocycles. The van der Waals surface area contributed by atoms with Gasteiger partial charge < -0.3 is 15.0 Å². The van der Waals surface area contributed by atoms with Crippen LogP contribution in [-0.4, -0.2) is 73.4 Å². The third-order valence-corrected chi connectivity index (χ3v) is 6.62. The van der Waals surface area contributed by atoms with E-state index in [2.05, 4.69) is 42.8 Å². The normalized spacial score (nSPS) is 29.2. The second-order valence-electron chi connectivity index (χ2n) is 9.19. The monoisotopic (exact) mass is 337 g/mol. The lowest BCUT2D eigenvalue weighted by molar-refractivity contribution is -0.164. The first-order valence-electron chi connectivity index (χ1n) is 10.3. The third-order valence-electron chi connectivity index (χ3n) is 6.62. The molecule has 0 aromatic heterocycles. The summed E-state index contributed by atoms with van der Waals surface area (Å²) in [6, 6.07) is 1.43. The maximum absolute atomic E-state index is 5.78. The van der Waals surface area contributed by atoms with Gasteiger partial charge in [0.1, 0.15) is 5.60 Å². The van der Waals surface area contributed by atoms with Gasteiger partial charge in [-0.1, -0.05) is 0 Å². The van der Waals surface area contributed by atoms with Gasteiger partial charge in [0.15, 0.2) is 0 Å². The molecule has 0 atom stereocenters. The summed E-state index contributed by atoms with van der Waals surface area (Å²) < 4.78 is 5.78. The molecule has 4 aliphatic rings. The van der Waals surface area contributed by atoms with Crippen LogP contribution in [-0.2, 0) is 4.74 Å². The molecular formula is C20H39N3O. The molecule has 0 unspecified atom stereocenters. The zero-order chi connectivity index (χ0) is 17.2. The lowest BCUT2D eigenvalue weighted by Crippen LogP contribution is -2.70. The van der Waals surface area contributed by atoms with E-state index in [9.17, 15) is 0 Å². The highest BCUT2D eigenvalue weighted by atomic mass is 16.5. The maximum Gasteiger partial charge on any atom is 0.106 e. The Bertz CT molecular complexity index is 392. The molecule has 3 saturated heterocycles. The second-order valence-corrected chi connectivity index (χ2v) is 9.19. The standard InChI is InChI=1S/C11H21N.C9H18N2O/c1-10(2)12-8-3-4-11(5-6-11)7-9-12;1-8(2)11-6-9(7-11)5-10-3-4-12-9/h10H,3-9H2,1-2H3;8,10H,3-7H2,1-2H3. The van der Waals surface area contributed by atoms with Gasteiger partial charge in [0.25, 0.3) is 0 Å². The van der Waals surface area contributed by atoms with Crippen LogP contribution in [0.3, 0.4) is 0 Å². The van der Waals surface area contributed by atoms with Crippen molar-refractivity contribution < 1.29 is 4.74 Å². The van der Waals surface area contributed by atoms with Gasteiger partial charge in [-0.2, -0.15) is 0 Å². The van der Waals surface area contributed by atoms with Gasteiger partial charge >= 0.3 is 0 Å². The van der Waals surface area contributed by atoms with Crippen molar-refractivity contribution in [3.05, 3.63) is 0 Å². The summed E-state index contributed by atoms with van der Waals surface area (Å²) in [5.41, 5.74) is 1.01. The maximum atomic E-state index is 5.78. The van der Waals surface area contributed by atoms with E-state index in [4.69, 9.17) is 4.74 Å². The van der Waals surface area contributed by atoms with Crippen molar-refractivity contribution in [2.75, 3.05) is 45.9 Å². The molecule has 0 aromatic rings. The number of rotatable bonds is 2. The first-order chi connectivity index (χ1) is 11.4. The van der Waals surface area contributed by atoms with Crippen LogP contribution in [0.4, 0.5) is 0 Å². The molecule has 4 rings (SSSR count). The van der Waals surface area contributed by atoms with Gasteiger partial charge in [-0.3, -0.25) is 4.90 Å². The van der Waals surface area contributed by atoms with Crippen molar-refractivity contribution in [3.8, 4) is 0 Å². The molecule has 1 saturated carbocycles. The van der Waals surface area contributed by atoms with Crippen LogP contribution < -0.4 is 5.32 Å². The summed E-state index contributed by atoms with van der Waals surface area (Å²) >= 11 is 0. The Kier molecular flexibility index (Phi) is 5.90. The van der Waals surface area contributed by atoms with E-state index in [-0.39, 0.29) is 5.60 Å². The van der Waals surface area contributed by atoms with Gasteiger partial charge in [-0.15, -0.1) is 0 Å². The van der Waals surface area contributed by atoms with Crippen LogP contribution in [0, 0.1) is 5.41 Å². The van der Waals surface area contributed by atoms with Crippen molar-refractivity contribution in [2.45, 2.75) is 77.5 Å². The molecule has 4 fully saturated rings. The molecule has 2 spiro atoms. The number of likely N-dealkylation sites (tertiary alicyclic amines) is 2. The number of nitrogens with one attached hydrogen (secondary N) is 1. The minimum absolute atomic E-state index is 0.169. The molecule has 4 nitrogen and oxygen atoms in total. The van der Waals surface area contributed by atoms with E-state index < -0.39 is 0 Å². The number of ether oxygens (including phenoxy) is 1. The molecule has 3 heterocycles. The van der Waals surface area contributed by atoms with Crippen LogP contribution >= 0.6 is 0 Å². The average molecular weight is 338 g/mol. The minimum atomic E-state index is 0.169. The van der Waals surface area contributed by atoms with Crippen LogP contribution in [0.1, 0.15) is 59.8 Å². The largest absolute Gasteiger partial charge is 0.370 e. The van der Waals surface area contributed by atoms with E-state index >= 15 is 0 Å². The first-order valence-corrected chi connectivity index (χ1v) is 10.3. The Morgan fingerprint density at radius 2 is 1.58 bits per heavy atom.